The highest BCUT2D eigenvalue weighted by atomic mass is 35.5. The number of amides is 2. The first-order chi connectivity index (χ1) is 18.6. The van der Waals surface area contributed by atoms with E-state index in [0.29, 0.717) is 42.6 Å². The number of benzene rings is 2. The minimum atomic E-state index is -0.544. The molecule has 0 spiro atoms. The van der Waals surface area contributed by atoms with Crippen LogP contribution >= 0.6 is 23.8 Å². The number of hydrogen-bond donors (Lipinski definition) is 2. The number of rotatable bonds is 6. The van der Waals surface area contributed by atoms with Gasteiger partial charge in [-0.25, -0.2) is 0 Å². The highest BCUT2D eigenvalue weighted by molar-refractivity contribution is 7.80. The number of nitro benzene ring substituents is 1. The SMILES string of the molecule is CC(C)C(=O)N1CCN(c2ccc(NC(=S)NC(=O)c3ccc(N4CCCCC4)c([N+](=O)[O-])c3)cc2Cl)CC1. The van der Waals surface area contributed by atoms with Gasteiger partial charge in [0.1, 0.15) is 5.69 Å². The second-order valence-electron chi connectivity index (χ2n) is 10.0. The normalized spacial score (nSPS) is 15.7. The fourth-order valence-electron chi connectivity index (χ4n) is 4.92. The van der Waals surface area contributed by atoms with Gasteiger partial charge in [0.15, 0.2) is 5.11 Å². The van der Waals surface area contributed by atoms with Crippen LogP contribution in [0.1, 0.15) is 43.5 Å². The zero-order chi connectivity index (χ0) is 28.1. The van der Waals surface area contributed by atoms with Gasteiger partial charge in [-0.15, -0.1) is 0 Å². The van der Waals surface area contributed by atoms with Crippen molar-refractivity contribution in [3.05, 3.63) is 57.1 Å². The van der Waals surface area contributed by atoms with Gasteiger partial charge in [-0.1, -0.05) is 25.4 Å². The lowest BCUT2D eigenvalue weighted by Crippen LogP contribution is -2.50. The van der Waals surface area contributed by atoms with Gasteiger partial charge >= 0.3 is 0 Å². The van der Waals surface area contributed by atoms with E-state index in [-0.39, 0.29) is 28.2 Å². The second-order valence-corrected chi connectivity index (χ2v) is 10.9. The van der Waals surface area contributed by atoms with Crippen molar-refractivity contribution in [3.8, 4) is 0 Å². The van der Waals surface area contributed by atoms with Crippen LogP contribution in [0.25, 0.3) is 0 Å². The Labute approximate surface area is 238 Å². The molecular formula is C27H33ClN6O4S. The lowest BCUT2D eigenvalue weighted by atomic mass is 10.1. The number of thiocarbonyl (C=S) groups is 1. The van der Waals surface area contributed by atoms with Crippen LogP contribution in [0.3, 0.4) is 0 Å². The van der Waals surface area contributed by atoms with Crippen LogP contribution in [0.2, 0.25) is 5.02 Å². The number of nitrogens with zero attached hydrogens (tertiary/aromatic N) is 4. The smallest absolute Gasteiger partial charge is 0.293 e. The Morgan fingerprint density at radius 2 is 1.59 bits per heavy atom. The second kappa shape index (κ2) is 12.6. The summed E-state index contributed by atoms with van der Waals surface area (Å²) in [5.41, 5.74) is 2.03. The predicted molar refractivity (Wildman–Crippen MR) is 158 cm³/mol. The van der Waals surface area contributed by atoms with Crippen molar-refractivity contribution in [2.75, 3.05) is 54.4 Å². The van der Waals surface area contributed by atoms with E-state index in [2.05, 4.69) is 15.5 Å². The molecule has 2 saturated heterocycles. The zero-order valence-electron chi connectivity index (χ0n) is 22.1. The lowest BCUT2D eigenvalue weighted by molar-refractivity contribution is -0.384. The molecule has 0 aliphatic carbocycles. The Balaban J connectivity index is 1.36. The molecule has 2 heterocycles. The van der Waals surface area contributed by atoms with Crippen LogP contribution in [0.5, 0.6) is 0 Å². The van der Waals surface area contributed by atoms with Crippen molar-refractivity contribution in [3.63, 3.8) is 0 Å². The molecule has 0 aromatic heterocycles. The van der Waals surface area contributed by atoms with E-state index in [1.54, 1.807) is 18.2 Å². The number of anilines is 3. The highest BCUT2D eigenvalue weighted by Crippen LogP contribution is 2.32. The lowest BCUT2D eigenvalue weighted by Gasteiger charge is -2.37. The molecule has 0 unspecified atom stereocenters. The molecule has 0 saturated carbocycles. The molecule has 2 N–H and O–H groups in total. The van der Waals surface area contributed by atoms with Gasteiger partial charge in [-0.05, 0) is 61.8 Å². The quantitative estimate of drug-likeness (QED) is 0.292. The van der Waals surface area contributed by atoms with Crippen molar-refractivity contribution in [2.45, 2.75) is 33.1 Å². The van der Waals surface area contributed by atoms with Crippen LogP contribution in [0, 0.1) is 16.0 Å². The number of carbonyl (C=O) groups excluding carboxylic acids is 2. The molecule has 10 nitrogen and oxygen atoms in total. The monoisotopic (exact) mass is 572 g/mol. The number of carbonyl (C=O) groups is 2. The molecule has 2 aliphatic rings. The molecule has 2 aliphatic heterocycles. The van der Waals surface area contributed by atoms with E-state index >= 15 is 0 Å². The summed E-state index contributed by atoms with van der Waals surface area (Å²) < 4.78 is 0. The Bertz CT molecular complexity index is 1260. The predicted octanol–water partition coefficient (Wildman–Crippen LogP) is 4.67. The molecule has 0 bridgehead atoms. The molecule has 0 atom stereocenters. The maximum Gasteiger partial charge on any atom is 0.293 e. The first kappa shape index (κ1) is 28.6. The number of piperazine rings is 1. The molecule has 2 amide bonds. The summed E-state index contributed by atoms with van der Waals surface area (Å²) in [6.07, 6.45) is 3.08. The van der Waals surface area contributed by atoms with E-state index in [4.69, 9.17) is 23.8 Å². The van der Waals surface area contributed by atoms with Gasteiger partial charge in [0.25, 0.3) is 11.6 Å². The van der Waals surface area contributed by atoms with E-state index < -0.39 is 10.8 Å². The van der Waals surface area contributed by atoms with Gasteiger partial charge in [0.05, 0.1) is 15.6 Å². The van der Waals surface area contributed by atoms with Gasteiger partial charge in [0.2, 0.25) is 5.91 Å². The standard InChI is InChI=1S/C27H33ClN6O4S/c1-18(2)26(36)33-14-12-32(13-15-33)22-9-7-20(17-21(22)28)29-27(39)30-25(35)19-6-8-23(24(16-19)34(37)38)31-10-4-3-5-11-31/h6-9,16-18H,3-5,10-15H2,1-2H3,(H2,29,30,35,39). The van der Waals surface area contributed by atoms with Crippen LogP contribution < -0.4 is 20.4 Å². The van der Waals surface area contributed by atoms with Crippen molar-refractivity contribution < 1.29 is 14.5 Å². The average molecular weight is 573 g/mol. The van der Waals surface area contributed by atoms with Crippen LogP contribution in [0.4, 0.5) is 22.7 Å². The average Bonchev–Trinajstić information content (AvgIpc) is 2.93. The maximum atomic E-state index is 12.8. The van der Waals surface area contributed by atoms with Gasteiger partial charge in [-0.2, -0.15) is 0 Å². The molecule has 208 valence electrons. The molecule has 39 heavy (non-hydrogen) atoms. The summed E-state index contributed by atoms with van der Waals surface area (Å²) in [6, 6.07) is 9.91. The van der Waals surface area contributed by atoms with E-state index in [0.717, 1.165) is 38.0 Å². The van der Waals surface area contributed by atoms with Crippen molar-refractivity contribution in [1.29, 1.82) is 0 Å². The summed E-state index contributed by atoms with van der Waals surface area (Å²) in [6.45, 7) is 7.97. The molecule has 12 heteroatoms. The van der Waals surface area contributed by atoms with Gasteiger partial charge in [-0.3, -0.25) is 25.0 Å². The third-order valence-corrected chi connectivity index (χ3v) is 7.50. The first-order valence-electron chi connectivity index (χ1n) is 13.1. The number of nitro groups is 1. The number of hydrogen-bond acceptors (Lipinski definition) is 7. The number of nitrogens with one attached hydrogen (secondary N) is 2. The minimum absolute atomic E-state index is 0.0242. The summed E-state index contributed by atoms with van der Waals surface area (Å²) >= 11 is 11.9. The molecule has 0 radical (unpaired) electrons. The van der Waals surface area contributed by atoms with Crippen molar-refractivity contribution >= 4 is 63.5 Å². The van der Waals surface area contributed by atoms with Crippen LogP contribution in [-0.4, -0.2) is 66.0 Å². The van der Waals surface area contributed by atoms with E-state index in [1.807, 2.05) is 35.8 Å². The Kier molecular flexibility index (Phi) is 9.24. The summed E-state index contributed by atoms with van der Waals surface area (Å²) in [5.74, 6) is -0.412. The summed E-state index contributed by atoms with van der Waals surface area (Å²) in [5, 5.41) is 17.8. The van der Waals surface area contributed by atoms with E-state index in [1.165, 1.54) is 6.07 Å². The summed E-state index contributed by atoms with van der Waals surface area (Å²) in [4.78, 5) is 42.3. The van der Waals surface area contributed by atoms with Gasteiger partial charge < -0.3 is 20.0 Å². The number of halogens is 1. The van der Waals surface area contributed by atoms with E-state index in [9.17, 15) is 19.7 Å². The highest BCUT2D eigenvalue weighted by Gasteiger charge is 2.25. The molecule has 4 rings (SSSR count). The Hall–Kier alpha value is -3.44. The molecule has 2 aromatic carbocycles. The minimum Gasteiger partial charge on any atom is -0.367 e. The van der Waals surface area contributed by atoms with Gasteiger partial charge in [0, 0.05) is 62.5 Å². The largest absolute Gasteiger partial charge is 0.367 e. The van der Waals surface area contributed by atoms with Crippen LogP contribution in [-0.2, 0) is 4.79 Å². The topological polar surface area (TPSA) is 111 Å². The zero-order valence-corrected chi connectivity index (χ0v) is 23.7. The van der Waals surface area contributed by atoms with Crippen molar-refractivity contribution in [2.24, 2.45) is 5.92 Å². The van der Waals surface area contributed by atoms with Crippen molar-refractivity contribution in [1.82, 2.24) is 10.2 Å². The maximum absolute atomic E-state index is 12.8. The van der Waals surface area contributed by atoms with Crippen LogP contribution in [0.15, 0.2) is 36.4 Å². The molecule has 2 aromatic rings. The molecule has 2 fully saturated rings. The third kappa shape index (κ3) is 6.96. The fraction of sp³-hybridized carbons (Fsp3) is 0.444. The Morgan fingerprint density at radius 1 is 0.949 bits per heavy atom. The third-order valence-electron chi connectivity index (χ3n) is 6.99. The Morgan fingerprint density at radius 3 is 2.21 bits per heavy atom. The number of piperidine rings is 1. The fourth-order valence-corrected chi connectivity index (χ4v) is 5.44. The summed E-state index contributed by atoms with van der Waals surface area (Å²) in [7, 11) is 0. The molecular weight excluding hydrogens is 540 g/mol. The first-order valence-corrected chi connectivity index (χ1v) is 13.9.